The van der Waals surface area contributed by atoms with Gasteiger partial charge in [-0.1, -0.05) is 0 Å². The molecule has 0 N–H and O–H groups in total. The van der Waals surface area contributed by atoms with Gasteiger partial charge >= 0.3 is 6.09 Å². The maximum absolute atomic E-state index is 11.0. The zero-order chi connectivity index (χ0) is 9.14. The topological polar surface area (TPSA) is 53.3 Å². The van der Waals surface area contributed by atoms with E-state index in [4.69, 9.17) is 5.26 Å². The van der Waals surface area contributed by atoms with Crippen LogP contribution in [0.5, 0.6) is 0 Å². The van der Waals surface area contributed by atoms with E-state index in [9.17, 15) is 4.79 Å². The Balaban J connectivity index is 2.50. The summed E-state index contributed by atoms with van der Waals surface area (Å²) in [6.07, 6.45) is 0.581. The molecule has 0 aliphatic carbocycles. The number of nitriles is 1. The molecule has 2 atom stereocenters. The van der Waals surface area contributed by atoms with E-state index in [0.29, 0.717) is 6.54 Å². The van der Waals surface area contributed by atoms with E-state index < -0.39 is 0 Å². The lowest BCUT2D eigenvalue weighted by Gasteiger charge is -2.41. The number of amides is 1. The molecular formula is C8H12N2O2. The Morgan fingerprint density at radius 2 is 2.50 bits per heavy atom. The first-order valence-electron chi connectivity index (χ1n) is 3.95. The summed E-state index contributed by atoms with van der Waals surface area (Å²) in [6.45, 7) is 2.53. The van der Waals surface area contributed by atoms with Gasteiger partial charge in [-0.15, -0.1) is 0 Å². The average molecular weight is 168 g/mol. The molecule has 4 nitrogen and oxygen atoms in total. The number of methoxy groups -OCH3 is 1. The van der Waals surface area contributed by atoms with Gasteiger partial charge in [0, 0.05) is 6.54 Å². The van der Waals surface area contributed by atoms with Crippen LogP contribution in [0.1, 0.15) is 13.3 Å². The zero-order valence-corrected chi connectivity index (χ0v) is 7.28. The van der Waals surface area contributed by atoms with E-state index in [2.05, 4.69) is 10.8 Å². The summed E-state index contributed by atoms with van der Waals surface area (Å²) in [5.41, 5.74) is 0. The molecule has 12 heavy (non-hydrogen) atoms. The highest BCUT2D eigenvalue weighted by Crippen LogP contribution is 2.24. The van der Waals surface area contributed by atoms with Crippen LogP contribution in [0.15, 0.2) is 0 Å². The number of nitrogens with zero attached hydrogens (tertiary/aromatic N) is 2. The molecule has 1 fully saturated rings. The van der Waals surface area contributed by atoms with Gasteiger partial charge in [0.2, 0.25) is 0 Å². The summed E-state index contributed by atoms with van der Waals surface area (Å²) in [7, 11) is 1.36. The molecule has 4 heteroatoms. The van der Waals surface area contributed by atoms with E-state index in [-0.39, 0.29) is 18.1 Å². The van der Waals surface area contributed by atoms with Crippen LogP contribution in [0.2, 0.25) is 0 Å². The van der Waals surface area contributed by atoms with Crippen LogP contribution >= 0.6 is 0 Å². The standard InChI is InChI=1S/C8H12N2O2/c1-6(5-9)7-3-4-10(7)8(11)12-2/h6-7H,3-4H2,1-2H3. The van der Waals surface area contributed by atoms with Gasteiger partial charge in [0.05, 0.1) is 25.1 Å². The maximum atomic E-state index is 11.0. The second-order valence-electron chi connectivity index (χ2n) is 2.94. The Hall–Kier alpha value is -1.24. The summed E-state index contributed by atoms with van der Waals surface area (Å²) < 4.78 is 4.56. The molecule has 1 saturated heterocycles. The first kappa shape index (κ1) is 8.85. The number of hydrogen-bond acceptors (Lipinski definition) is 3. The second-order valence-corrected chi connectivity index (χ2v) is 2.94. The van der Waals surface area contributed by atoms with Crippen molar-refractivity contribution in [2.24, 2.45) is 5.92 Å². The number of likely N-dealkylation sites (tertiary alicyclic amines) is 1. The van der Waals surface area contributed by atoms with Gasteiger partial charge in [0.15, 0.2) is 0 Å². The van der Waals surface area contributed by atoms with Crippen molar-refractivity contribution < 1.29 is 9.53 Å². The van der Waals surface area contributed by atoms with Gasteiger partial charge in [0.1, 0.15) is 0 Å². The monoisotopic (exact) mass is 168 g/mol. The predicted molar refractivity (Wildman–Crippen MR) is 42.3 cm³/mol. The zero-order valence-electron chi connectivity index (χ0n) is 7.28. The molecule has 2 unspecified atom stereocenters. The minimum Gasteiger partial charge on any atom is -0.453 e. The number of carbonyl (C=O) groups excluding carboxylic acids is 1. The van der Waals surface area contributed by atoms with Gasteiger partial charge < -0.3 is 9.64 Å². The Labute approximate surface area is 71.7 Å². The third-order valence-corrected chi connectivity index (χ3v) is 2.26. The molecule has 0 aromatic rings. The molecule has 1 heterocycles. The lowest BCUT2D eigenvalue weighted by atomic mass is 9.92. The van der Waals surface area contributed by atoms with Crippen LogP contribution in [0.25, 0.3) is 0 Å². The Morgan fingerprint density at radius 3 is 2.83 bits per heavy atom. The summed E-state index contributed by atoms with van der Waals surface area (Å²) in [6, 6.07) is 2.18. The molecule has 0 bridgehead atoms. The average Bonchev–Trinajstić information content (AvgIpc) is 2.02. The summed E-state index contributed by atoms with van der Waals surface area (Å²) in [4.78, 5) is 12.6. The Kier molecular flexibility index (Phi) is 2.54. The van der Waals surface area contributed by atoms with Crippen LogP contribution in [-0.4, -0.2) is 30.7 Å². The normalized spacial score (nSPS) is 23.8. The number of hydrogen-bond donors (Lipinski definition) is 0. The third-order valence-electron chi connectivity index (χ3n) is 2.26. The van der Waals surface area contributed by atoms with E-state index >= 15 is 0 Å². The number of carbonyl (C=O) groups is 1. The fourth-order valence-corrected chi connectivity index (χ4v) is 1.36. The van der Waals surface area contributed by atoms with Crippen molar-refractivity contribution in [3.8, 4) is 6.07 Å². The van der Waals surface area contributed by atoms with E-state index in [0.717, 1.165) is 6.42 Å². The molecule has 1 amide bonds. The van der Waals surface area contributed by atoms with Crippen molar-refractivity contribution in [1.82, 2.24) is 4.90 Å². The minimum atomic E-state index is -0.326. The van der Waals surface area contributed by atoms with Crippen LogP contribution in [0, 0.1) is 17.2 Å². The fraction of sp³-hybridized carbons (Fsp3) is 0.750. The van der Waals surface area contributed by atoms with Gasteiger partial charge in [-0.25, -0.2) is 4.79 Å². The fourth-order valence-electron chi connectivity index (χ4n) is 1.36. The van der Waals surface area contributed by atoms with Gasteiger partial charge in [0.25, 0.3) is 0 Å². The van der Waals surface area contributed by atoms with Crippen molar-refractivity contribution in [1.29, 1.82) is 5.26 Å². The molecule has 1 rings (SSSR count). The first-order valence-corrected chi connectivity index (χ1v) is 3.95. The maximum Gasteiger partial charge on any atom is 0.409 e. The van der Waals surface area contributed by atoms with Gasteiger partial charge in [-0.05, 0) is 13.3 Å². The highest BCUT2D eigenvalue weighted by Gasteiger charge is 2.36. The lowest BCUT2D eigenvalue weighted by molar-refractivity contribution is 0.0486. The smallest absolute Gasteiger partial charge is 0.409 e. The first-order chi connectivity index (χ1) is 5.70. The predicted octanol–water partition coefficient (Wildman–Crippen LogP) is 0.987. The van der Waals surface area contributed by atoms with E-state index in [1.807, 2.05) is 6.92 Å². The van der Waals surface area contributed by atoms with Gasteiger partial charge in [-0.2, -0.15) is 5.26 Å². The van der Waals surface area contributed by atoms with Crippen LogP contribution < -0.4 is 0 Å². The van der Waals surface area contributed by atoms with Crippen LogP contribution in [0.3, 0.4) is 0 Å². The van der Waals surface area contributed by atoms with Gasteiger partial charge in [-0.3, -0.25) is 0 Å². The van der Waals surface area contributed by atoms with Crippen molar-refractivity contribution >= 4 is 6.09 Å². The molecule has 0 spiro atoms. The summed E-state index contributed by atoms with van der Waals surface area (Å²) in [5.74, 6) is -0.0992. The van der Waals surface area contributed by atoms with Crippen molar-refractivity contribution in [3.05, 3.63) is 0 Å². The molecular weight excluding hydrogens is 156 g/mol. The van der Waals surface area contributed by atoms with Crippen molar-refractivity contribution in [2.75, 3.05) is 13.7 Å². The highest BCUT2D eigenvalue weighted by molar-refractivity contribution is 5.69. The quantitative estimate of drug-likeness (QED) is 0.586. The number of rotatable bonds is 1. The molecule has 0 aromatic carbocycles. The van der Waals surface area contributed by atoms with E-state index in [1.165, 1.54) is 7.11 Å². The Morgan fingerprint density at radius 1 is 1.83 bits per heavy atom. The minimum absolute atomic E-state index is 0.0578. The van der Waals surface area contributed by atoms with Crippen molar-refractivity contribution in [2.45, 2.75) is 19.4 Å². The summed E-state index contributed by atoms with van der Waals surface area (Å²) in [5, 5.41) is 8.61. The molecule has 1 aliphatic rings. The van der Waals surface area contributed by atoms with Crippen LogP contribution in [0.4, 0.5) is 4.79 Å². The summed E-state index contributed by atoms with van der Waals surface area (Å²) >= 11 is 0. The largest absolute Gasteiger partial charge is 0.453 e. The molecule has 0 aromatic heterocycles. The Bertz CT molecular complexity index is 222. The molecule has 0 radical (unpaired) electrons. The SMILES string of the molecule is COC(=O)N1CCC1C(C)C#N. The molecule has 1 aliphatic heterocycles. The lowest BCUT2D eigenvalue weighted by Crippen LogP contribution is -2.53. The molecule has 66 valence electrons. The highest BCUT2D eigenvalue weighted by atomic mass is 16.5. The van der Waals surface area contributed by atoms with E-state index in [1.54, 1.807) is 4.90 Å². The third kappa shape index (κ3) is 1.35. The molecule has 0 saturated carbocycles. The number of ether oxygens (including phenoxy) is 1. The van der Waals surface area contributed by atoms with Crippen molar-refractivity contribution in [3.63, 3.8) is 0 Å². The van der Waals surface area contributed by atoms with Crippen LogP contribution in [-0.2, 0) is 4.74 Å². The second kappa shape index (κ2) is 3.44.